The predicted octanol–water partition coefficient (Wildman–Crippen LogP) is 2.32. The zero-order valence-electron chi connectivity index (χ0n) is 19.9. The fraction of sp³-hybridized carbons (Fsp3) is 0.360. The molecule has 2 bridgehead atoms. The molecule has 0 saturated heterocycles. The Morgan fingerprint density at radius 3 is 2.31 bits per heavy atom. The number of aryl methyl sites for hydroxylation is 2. The maximum Gasteiger partial charge on any atom is 0.262 e. The minimum absolute atomic E-state index is 0.0894. The lowest BCUT2D eigenvalue weighted by molar-refractivity contribution is -0.128. The first kappa shape index (κ1) is 25.5. The van der Waals surface area contributed by atoms with Crippen LogP contribution in [0.2, 0.25) is 0 Å². The molecule has 2 N–H and O–H groups in total. The van der Waals surface area contributed by atoms with Crippen LogP contribution >= 0.6 is 23.0 Å². The van der Waals surface area contributed by atoms with E-state index >= 15 is 0 Å². The van der Waals surface area contributed by atoms with Gasteiger partial charge in [0.15, 0.2) is 13.2 Å². The molecule has 3 aliphatic rings. The van der Waals surface area contributed by atoms with E-state index in [-0.39, 0.29) is 36.9 Å². The Balaban J connectivity index is 1.30. The van der Waals surface area contributed by atoms with Crippen molar-refractivity contribution >= 4 is 48.1 Å². The number of fused-ring (bicyclic) bond motifs is 2. The number of carbonyl (C=O) groups excluding carboxylic acids is 2. The van der Waals surface area contributed by atoms with Crippen molar-refractivity contribution in [1.82, 2.24) is 10.6 Å². The molecule has 0 aliphatic heterocycles. The highest BCUT2D eigenvalue weighted by atomic mass is 127. The minimum Gasteiger partial charge on any atom is -0.484 e. The van der Waals surface area contributed by atoms with Gasteiger partial charge in [-0.05, 0) is 56.0 Å². The maximum atomic E-state index is 13.7. The average molecular weight is 592 g/mol. The fourth-order valence-corrected chi connectivity index (χ4v) is 5.05. The quantitative estimate of drug-likeness (QED) is 0.345. The van der Waals surface area contributed by atoms with Crippen LogP contribution in [0.1, 0.15) is 30.4 Å². The zero-order chi connectivity index (χ0) is 25.2. The van der Waals surface area contributed by atoms with Crippen LogP contribution in [0.15, 0.2) is 47.7 Å². The molecule has 0 aromatic heterocycles. The maximum absolute atomic E-state index is 13.7. The van der Waals surface area contributed by atoms with Gasteiger partial charge < -0.3 is 23.2 Å². The second kappa shape index (κ2) is 10.6. The normalized spacial score (nSPS) is 20.6. The number of amides is 2. The van der Waals surface area contributed by atoms with Gasteiger partial charge >= 0.3 is 0 Å². The van der Waals surface area contributed by atoms with Gasteiger partial charge in [0, 0.05) is 18.2 Å². The average Bonchev–Trinajstić information content (AvgIpc) is 2.80. The van der Waals surface area contributed by atoms with Gasteiger partial charge in [-0.15, -0.1) is 0 Å². The van der Waals surface area contributed by atoms with E-state index < -0.39 is 5.54 Å². The fourth-order valence-electron chi connectivity index (χ4n) is 4.38. The first-order valence-electron chi connectivity index (χ1n) is 11.4. The van der Waals surface area contributed by atoms with E-state index in [1.807, 2.05) is 56.0 Å². The second-order valence-electron chi connectivity index (χ2n) is 9.20. The van der Waals surface area contributed by atoms with E-state index in [2.05, 4.69) is 10.6 Å². The molecule has 7 nitrogen and oxygen atoms in total. The third-order valence-electron chi connectivity index (χ3n) is 6.64. The van der Waals surface area contributed by atoms with Crippen LogP contribution in [0.5, 0.6) is 11.5 Å². The molecule has 2 aromatic rings. The lowest BCUT2D eigenvalue weighted by Gasteiger charge is -2.53. The highest BCUT2D eigenvalue weighted by Crippen LogP contribution is 2.49. The first-order valence-corrected chi connectivity index (χ1v) is 12.3. The van der Waals surface area contributed by atoms with Gasteiger partial charge in [0.05, 0.1) is 11.6 Å². The van der Waals surface area contributed by atoms with Crippen molar-refractivity contribution in [2.45, 2.75) is 44.8 Å². The topological polar surface area (TPSA) is 85.9 Å². The molecule has 1 fully saturated rings. The van der Waals surface area contributed by atoms with Crippen LogP contribution in [-0.4, -0.2) is 44.5 Å². The van der Waals surface area contributed by atoms with Crippen LogP contribution in [0.3, 0.4) is 0 Å². The molecule has 1 atom stereocenters. The van der Waals surface area contributed by atoms with Crippen LogP contribution < -0.4 is 25.6 Å². The molecule has 184 valence electrons. The summed E-state index contributed by atoms with van der Waals surface area (Å²) in [5, 5.41) is 5.98. The van der Waals surface area contributed by atoms with Gasteiger partial charge in [-0.25, -0.2) is 4.39 Å². The van der Waals surface area contributed by atoms with E-state index in [4.69, 9.17) is 12.5 Å². The summed E-state index contributed by atoms with van der Waals surface area (Å²) >= 11 is 1.83. The standard InChI is InChI=1S/C25H27BFIN2O5/c1-14-3-5-17(7-19(14)26)33-12-23(31)29-21-9-22(35-28)25(10-16(21)11-25)30-24(32)13-34-18-6-4-15(2)20(27)8-18/h3-8,22H,9-13,26H2,1-2H3,(H,29,31)(H,30,32). The molecule has 2 amide bonds. The van der Waals surface area contributed by atoms with Gasteiger partial charge in [-0.3, -0.25) is 9.59 Å². The SMILES string of the molecule is Bc1cc(OCC(=O)NC2=C3CC(NC(=O)COc4ccc(C)c(F)c4)(C3)C(OI)C2)ccc1C. The molecule has 1 saturated carbocycles. The second-order valence-corrected chi connectivity index (χ2v) is 9.71. The molecule has 5 rings (SSSR count). The molecule has 2 aromatic carbocycles. The van der Waals surface area contributed by atoms with Gasteiger partial charge in [-0.1, -0.05) is 23.2 Å². The number of halogens is 2. The molecule has 1 unspecified atom stereocenters. The summed E-state index contributed by atoms with van der Waals surface area (Å²) in [5.74, 6) is 0.0278. The third kappa shape index (κ3) is 5.80. The summed E-state index contributed by atoms with van der Waals surface area (Å²) in [5.41, 5.74) is 4.14. The first-order chi connectivity index (χ1) is 16.7. The molecule has 0 heterocycles. The number of carbonyl (C=O) groups is 2. The van der Waals surface area contributed by atoms with Crippen LogP contribution in [0, 0.1) is 19.7 Å². The van der Waals surface area contributed by atoms with Crippen molar-refractivity contribution < 1.29 is 26.5 Å². The molecular formula is C25H27BFIN2O5. The minimum atomic E-state index is -0.542. The Hall–Kier alpha value is -2.60. The molecule has 0 spiro atoms. The summed E-state index contributed by atoms with van der Waals surface area (Å²) in [6.45, 7) is 3.37. The van der Waals surface area contributed by atoms with E-state index in [1.54, 1.807) is 19.1 Å². The highest BCUT2D eigenvalue weighted by molar-refractivity contribution is 14.1. The van der Waals surface area contributed by atoms with Gasteiger partial charge in [0.25, 0.3) is 11.8 Å². The van der Waals surface area contributed by atoms with Crippen molar-refractivity contribution in [2.75, 3.05) is 13.2 Å². The Morgan fingerprint density at radius 2 is 1.69 bits per heavy atom. The number of nitrogens with one attached hydrogen (secondary N) is 2. The third-order valence-corrected chi connectivity index (χ3v) is 7.25. The van der Waals surface area contributed by atoms with Crippen LogP contribution in [0.25, 0.3) is 0 Å². The summed E-state index contributed by atoms with van der Waals surface area (Å²) in [7, 11) is 2.00. The monoisotopic (exact) mass is 592 g/mol. The number of hydrogen-bond donors (Lipinski definition) is 2. The van der Waals surface area contributed by atoms with Crippen molar-refractivity contribution in [1.29, 1.82) is 0 Å². The van der Waals surface area contributed by atoms with Gasteiger partial charge in [0.1, 0.15) is 48.2 Å². The molecular weight excluding hydrogens is 565 g/mol. The van der Waals surface area contributed by atoms with Gasteiger partial charge in [0.2, 0.25) is 0 Å². The Bertz CT molecular complexity index is 1180. The Labute approximate surface area is 218 Å². The molecule has 0 radical (unpaired) electrons. The van der Waals surface area contributed by atoms with E-state index in [1.165, 1.54) is 6.07 Å². The highest BCUT2D eigenvalue weighted by Gasteiger charge is 2.54. The van der Waals surface area contributed by atoms with Crippen molar-refractivity contribution in [3.63, 3.8) is 0 Å². The summed E-state index contributed by atoms with van der Waals surface area (Å²) in [6.07, 6.45) is 1.33. The largest absolute Gasteiger partial charge is 0.484 e. The summed E-state index contributed by atoms with van der Waals surface area (Å²) in [6, 6.07) is 10.2. The number of ether oxygens (including phenoxy) is 2. The van der Waals surface area contributed by atoms with Crippen LogP contribution in [-0.2, 0) is 12.7 Å². The molecule has 3 aliphatic carbocycles. The number of benzene rings is 2. The number of hydrogen-bond acceptors (Lipinski definition) is 5. The van der Waals surface area contributed by atoms with Crippen molar-refractivity contribution in [3.05, 3.63) is 64.6 Å². The predicted molar refractivity (Wildman–Crippen MR) is 140 cm³/mol. The lowest BCUT2D eigenvalue weighted by atomic mass is 9.62. The smallest absolute Gasteiger partial charge is 0.262 e. The van der Waals surface area contributed by atoms with Crippen molar-refractivity contribution in [3.8, 4) is 11.5 Å². The van der Waals surface area contributed by atoms with Crippen molar-refractivity contribution in [2.24, 2.45) is 0 Å². The van der Waals surface area contributed by atoms with E-state index in [0.29, 0.717) is 36.3 Å². The number of rotatable bonds is 9. The lowest BCUT2D eigenvalue weighted by Crippen LogP contribution is -2.66. The molecule has 35 heavy (non-hydrogen) atoms. The summed E-state index contributed by atoms with van der Waals surface area (Å²) in [4.78, 5) is 25.1. The van der Waals surface area contributed by atoms with Gasteiger partial charge in [-0.2, -0.15) is 0 Å². The van der Waals surface area contributed by atoms with E-state index in [9.17, 15) is 14.0 Å². The van der Waals surface area contributed by atoms with E-state index in [0.717, 1.165) is 22.3 Å². The zero-order valence-corrected chi connectivity index (χ0v) is 22.0. The van der Waals surface area contributed by atoms with Crippen LogP contribution in [0.4, 0.5) is 4.39 Å². The summed E-state index contributed by atoms with van der Waals surface area (Å²) < 4.78 is 30.4. The molecule has 10 heteroatoms. The Morgan fingerprint density at radius 1 is 1.06 bits per heavy atom. The Kier molecular flexibility index (Phi) is 7.70.